The predicted molar refractivity (Wildman–Crippen MR) is 267 cm³/mol. The highest BCUT2D eigenvalue weighted by atomic mass is 15.0. The minimum absolute atomic E-state index is 0.505. The molecule has 0 fully saturated rings. The van der Waals surface area contributed by atoms with Gasteiger partial charge in [-0.3, -0.25) is 9.97 Å². The van der Waals surface area contributed by atoms with Crippen LogP contribution in [-0.2, 0) is 0 Å². The van der Waals surface area contributed by atoms with E-state index in [-0.39, 0.29) is 0 Å². The maximum absolute atomic E-state index is 10.9. The van der Waals surface area contributed by atoms with Crippen molar-refractivity contribution in [1.29, 1.82) is 10.5 Å². The molecular weight excluding hydrogens is 805 g/mol. The average Bonchev–Trinajstić information content (AvgIpc) is 3.91. The molecule has 0 aliphatic carbocycles. The normalized spacial score (nSPS) is 11.3. The number of nitrogens with zero attached hydrogens (tertiary/aromatic N) is 6. The van der Waals surface area contributed by atoms with Crippen LogP contribution in [0, 0.1) is 22.7 Å². The molecule has 0 amide bonds. The van der Waals surface area contributed by atoms with E-state index < -0.39 is 0 Å². The summed E-state index contributed by atoms with van der Waals surface area (Å²) < 4.78 is 4.58. The molecule has 12 rings (SSSR count). The van der Waals surface area contributed by atoms with Gasteiger partial charge in [0.1, 0.15) is 0 Å². The fourth-order valence-electron chi connectivity index (χ4n) is 9.58. The van der Waals surface area contributed by atoms with Crippen LogP contribution in [0.15, 0.2) is 219 Å². The van der Waals surface area contributed by atoms with Gasteiger partial charge in [-0.1, -0.05) is 146 Å². The Hall–Kier alpha value is -9.36. The molecule has 0 bridgehead atoms. The standard InChI is InChI=1S/C60H36N6/c61-35-39-12-11-17-45(30-39)60-58(65-54-20-9-7-18-48(54)50-26-22-43(33-56(50)65)46-24-28-52(63-37-46)41-13-3-1-4-14-41)31-40(36-62)32-59(60)66-55-21-10-8-19-49(55)51-27-23-44(34-57(51)66)47-25-29-53(64-38-47)42-15-5-2-6-16-42/h1-34,37-38H. The summed E-state index contributed by atoms with van der Waals surface area (Å²) >= 11 is 0. The van der Waals surface area contributed by atoms with Crippen LogP contribution >= 0.6 is 0 Å². The van der Waals surface area contributed by atoms with Crippen molar-refractivity contribution in [2.24, 2.45) is 0 Å². The van der Waals surface area contributed by atoms with Crippen LogP contribution in [0.2, 0.25) is 0 Å². The van der Waals surface area contributed by atoms with Gasteiger partial charge in [-0.05, 0) is 77.4 Å². The zero-order valence-corrected chi connectivity index (χ0v) is 35.5. The van der Waals surface area contributed by atoms with Gasteiger partial charge < -0.3 is 9.13 Å². The predicted octanol–water partition coefficient (Wildman–Crippen LogP) is 14.7. The molecule has 0 N–H and O–H groups in total. The largest absolute Gasteiger partial charge is 0.308 e. The number of aromatic nitrogens is 4. The number of nitriles is 2. The van der Waals surface area contributed by atoms with Crippen molar-refractivity contribution in [3.8, 4) is 79.4 Å². The molecule has 0 radical (unpaired) electrons. The van der Waals surface area contributed by atoms with E-state index in [4.69, 9.17) is 9.97 Å². The van der Waals surface area contributed by atoms with Crippen molar-refractivity contribution in [1.82, 2.24) is 19.1 Å². The molecule has 8 aromatic carbocycles. The minimum Gasteiger partial charge on any atom is -0.308 e. The zero-order chi connectivity index (χ0) is 44.1. The lowest BCUT2D eigenvalue weighted by atomic mass is 9.96. The molecular formula is C60H36N6. The molecule has 306 valence electrons. The quantitative estimate of drug-likeness (QED) is 0.160. The molecule has 0 saturated carbocycles. The Labute approximate surface area is 380 Å². The first-order valence-corrected chi connectivity index (χ1v) is 21.8. The Morgan fingerprint density at radius 3 is 1.23 bits per heavy atom. The molecule has 4 heterocycles. The second kappa shape index (κ2) is 15.8. The highest BCUT2D eigenvalue weighted by molar-refractivity contribution is 6.13. The van der Waals surface area contributed by atoms with E-state index in [1.807, 2.05) is 79.1 Å². The summed E-state index contributed by atoms with van der Waals surface area (Å²) in [6.45, 7) is 0. The van der Waals surface area contributed by atoms with Gasteiger partial charge in [0.05, 0.1) is 68.1 Å². The van der Waals surface area contributed by atoms with E-state index in [9.17, 15) is 10.5 Å². The number of fused-ring (bicyclic) bond motifs is 6. The topological polar surface area (TPSA) is 83.2 Å². The van der Waals surface area contributed by atoms with Gasteiger partial charge in [-0.25, -0.2) is 0 Å². The van der Waals surface area contributed by atoms with Gasteiger partial charge in [0.15, 0.2) is 0 Å². The highest BCUT2D eigenvalue weighted by Crippen LogP contribution is 2.44. The third-order valence-electron chi connectivity index (χ3n) is 12.7. The monoisotopic (exact) mass is 840 g/mol. The van der Waals surface area contributed by atoms with Crippen molar-refractivity contribution < 1.29 is 0 Å². The number of para-hydroxylation sites is 2. The number of benzene rings is 8. The van der Waals surface area contributed by atoms with Gasteiger partial charge in [0.25, 0.3) is 0 Å². The summed E-state index contributed by atoms with van der Waals surface area (Å²) in [7, 11) is 0. The van der Waals surface area contributed by atoms with Crippen molar-refractivity contribution in [3.05, 3.63) is 230 Å². The first-order chi connectivity index (χ1) is 32.6. The van der Waals surface area contributed by atoms with Crippen LogP contribution in [-0.4, -0.2) is 19.1 Å². The lowest BCUT2D eigenvalue weighted by molar-refractivity contribution is 1.13. The molecule has 12 aromatic rings. The fourth-order valence-corrected chi connectivity index (χ4v) is 9.58. The summed E-state index contributed by atoms with van der Waals surface area (Å²) in [5.74, 6) is 0. The second-order valence-corrected chi connectivity index (χ2v) is 16.5. The van der Waals surface area contributed by atoms with Crippen molar-refractivity contribution in [2.45, 2.75) is 0 Å². The molecule has 0 unspecified atom stereocenters. The van der Waals surface area contributed by atoms with E-state index in [2.05, 4.69) is 161 Å². The zero-order valence-electron chi connectivity index (χ0n) is 35.5. The second-order valence-electron chi connectivity index (χ2n) is 16.5. The van der Waals surface area contributed by atoms with Gasteiger partial charge in [0.2, 0.25) is 0 Å². The summed E-state index contributed by atoms with van der Waals surface area (Å²) in [6, 6.07) is 75.5. The fraction of sp³-hybridized carbons (Fsp3) is 0. The average molecular weight is 841 g/mol. The third kappa shape index (κ3) is 6.41. The number of hydrogen-bond acceptors (Lipinski definition) is 4. The molecule has 6 heteroatoms. The van der Waals surface area contributed by atoms with E-state index >= 15 is 0 Å². The Morgan fingerprint density at radius 1 is 0.318 bits per heavy atom. The maximum atomic E-state index is 10.9. The summed E-state index contributed by atoms with van der Waals surface area (Å²) in [4.78, 5) is 9.76. The lowest BCUT2D eigenvalue weighted by Gasteiger charge is -2.21. The lowest BCUT2D eigenvalue weighted by Crippen LogP contribution is -2.05. The summed E-state index contributed by atoms with van der Waals surface area (Å²) in [5, 5.41) is 25.6. The third-order valence-corrected chi connectivity index (χ3v) is 12.7. The van der Waals surface area contributed by atoms with Crippen molar-refractivity contribution in [2.75, 3.05) is 0 Å². The first kappa shape index (κ1) is 38.3. The van der Waals surface area contributed by atoms with Crippen LogP contribution in [0.25, 0.3) is 111 Å². The molecule has 0 aliphatic rings. The van der Waals surface area contributed by atoms with Gasteiger partial charge >= 0.3 is 0 Å². The van der Waals surface area contributed by atoms with Crippen LogP contribution in [0.3, 0.4) is 0 Å². The van der Waals surface area contributed by atoms with E-state index in [1.165, 1.54) is 0 Å². The molecule has 0 saturated heterocycles. The van der Waals surface area contributed by atoms with E-state index in [1.54, 1.807) is 0 Å². The molecule has 66 heavy (non-hydrogen) atoms. The van der Waals surface area contributed by atoms with E-state index in [0.717, 1.165) is 111 Å². The number of pyridine rings is 2. The summed E-state index contributed by atoms with van der Waals surface area (Å²) in [5.41, 5.74) is 16.4. The van der Waals surface area contributed by atoms with Crippen LogP contribution in [0.1, 0.15) is 11.1 Å². The Bertz CT molecular complexity index is 3700. The van der Waals surface area contributed by atoms with Crippen molar-refractivity contribution in [3.63, 3.8) is 0 Å². The minimum atomic E-state index is 0.505. The molecule has 6 nitrogen and oxygen atoms in total. The first-order valence-electron chi connectivity index (χ1n) is 21.8. The number of hydrogen-bond donors (Lipinski definition) is 0. The Morgan fingerprint density at radius 2 is 0.758 bits per heavy atom. The van der Waals surface area contributed by atoms with Crippen LogP contribution in [0.4, 0.5) is 0 Å². The smallest absolute Gasteiger partial charge is 0.0993 e. The van der Waals surface area contributed by atoms with Crippen LogP contribution < -0.4 is 0 Å². The van der Waals surface area contributed by atoms with Gasteiger partial charge in [0, 0.05) is 61.8 Å². The maximum Gasteiger partial charge on any atom is 0.0993 e. The molecule has 0 aliphatic heterocycles. The molecule has 0 atom stereocenters. The van der Waals surface area contributed by atoms with Crippen molar-refractivity contribution >= 4 is 43.6 Å². The highest BCUT2D eigenvalue weighted by Gasteiger charge is 2.24. The molecule has 0 spiro atoms. The SMILES string of the molecule is N#Cc1cccc(-c2c(-n3c4ccccc4c4ccc(-c5ccc(-c6ccccc6)nc5)cc43)cc(C#N)cc2-n2c3ccccc3c3ccc(-c4ccc(-c5ccccc5)nc4)cc32)c1. The van der Waals surface area contributed by atoms with E-state index in [0.29, 0.717) is 11.1 Å². The Kier molecular flexibility index (Phi) is 9.16. The van der Waals surface area contributed by atoms with Crippen LogP contribution in [0.5, 0.6) is 0 Å². The molecule has 4 aromatic heterocycles. The summed E-state index contributed by atoms with van der Waals surface area (Å²) in [6.07, 6.45) is 3.88. The van der Waals surface area contributed by atoms with Gasteiger partial charge in [-0.15, -0.1) is 0 Å². The van der Waals surface area contributed by atoms with Gasteiger partial charge in [-0.2, -0.15) is 10.5 Å². The Balaban J connectivity index is 1.13. The number of rotatable bonds is 7.